The first-order chi connectivity index (χ1) is 14.5. The summed E-state index contributed by atoms with van der Waals surface area (Å²) in [5.41, 5.74) is 2.76. The molecule has 1 N–H and O–H groups in total. The van der Waals surface area contributed by atoms with Crippen molar-refractivity contribution in [2.24, 2.45) is 0 Å². The Morgan fingerprint density at radius 1 is 1.17 bits per heavy atom. The van der Waals surface area contributed by atoms with Crippen LogP contribution in [0.3, 0.4) is 0 Å². The van der Waals surface area contributed by atoms with E-state index in [4.69, 9.17) is 11.6 Å². The van der Waals surface area contributed by atoms with E-state index in [0.717, 1.165) is 16.8 Å². The normalized spacial score (nSPS) is 14.3. The monoisotopic (exact) mass is 422 g/mol. The Kier molecular flexibility index (Phi) is 5.86. The van der Waals surface area contributed by atoms with E-state index >= 15 is 0 Å². The molecule has 2 heterocycles. The van der Waals surface area contributed by atoms with E-state index in [0.29, 0.717) is 30.4 Å². The van der Waals surface area contributed by atoms with Crippen molar-refractivity contribution in [3.05, 3.63) is 71.2 Å². The molecule has 0 saturated heterocycles. The number of anilines is 1. The quantitative estimate of drug-likeness (QED) is 0.655. The van der Waals surface area contributed by atoms with Gasteiger partial charge in [-0.1, -0.05) is 61.0 Å². The van der Waals surface area contributed by atoms with E-state index in [1.54, 1.807) is 10.7 Å². The number of nitrogens with one attached hydrogen (secondary N) is 1. The molecule has 0 saturated carbocycles. The molecule has 1 atom stereocenters. The second-order valence-corrected chi connectivity index (χ2v) is 7.90. The number of rotatable bonds is 6. The molecule has 6 nitrogen and oxygen atoms in total. The fourth-order valence-electron chi connectivity index (χ4n) is 3.58. The Labute approximate surface area is 180 Å². The van der Waals surface area contributed by atoms with Gasteiger partial charge in [0.1, 0.15) is 12.4 Å². The highest BCUT2D eigenvalue weighted by molar-refractivity contribution is 6.30. The first kappa shape index (κ1) is 20.2. The van der Waals surface area contributed by atoms with E-state index in [1.165, 1.54) is 4.90 Å². The Hall–Kier alpha value is -3.12. The molecule has 0 bridgehead atoms. The minimum absolute atomic E-state index is 0.0268. The molecule has 0 fully saturated rings. The molecule has 2 amide bonds. The summed E-state index contributed by atoms with van der Waals surface area (Å²) in [6, 6.07) is 19.3. The van der Waals surface area contributed by atoms with Gasteiger partial charge in [-0.05, 0) is 23.6 Å². The molecule has 1 aliphatic rings. The SMILES string of the molecule is C[C@H](CNC(=O)CN1C(=O)CCn2nc(-c3cccc(Cl)c3)cc21)c1ccccc1. The number of hydrogen-bond donors (Lipinski definition) is 1. The zero-order valence-electron chi connectivity index (χ0n) is 16.7. The third-order valence-electron chi connectivity index (χ3n) is 5.27. The number of amides is 2. The zero-order valence-corrected chi connectivity index (χ0v) is 17.5. The maximum Gasteiger partial charge on any atom is 0.240 e. The number of fused-ring (bicyclic) bond motifs is 1. The number of aryl methyl sites for hydroxylation is 1. The lowest BCUT2D eigenvalue weighted by Gasteiger charge is -2.27. The molecular weight excluding hydrogens is 400 g/mol. The van der Waals surface area contributed by atoms with Gasteiger partial charge >= 0.3 is 0 Å². The van der Waals surface area contributed by atoms with Crippen molar-refractivity contribution in [1.29, 1.82) is 0 Å². The Bertz CT molecular complexity index is 1060. The lowest BCUT2D eigenvalue weighted by atomic mass is 10.0. The summed E-state index contributed by atoms with van der Waals surface area (Å²) in [5.74, 6) is 0.552. The summed E-state index contributed by atoms with van der Waals surface area (Å²) >= 11 is 6.09. The van der Waals surface area contributed by atoms with Crippen LogP contribution in [0.1, 0.15) is 24.8 Å². The van der Waals surface area contributed by atoms with Crippen LogP contribution in [0.25, 0.3) is 11.3 Å². The van der Waals surface area contributed by atoms with Crippen LogP contribution < -0.4 is 10.2 Å². The van der Waals surface area contributed by atoms with Crippen LogP contribution in [-0.2, 0) is 16.1 Å². The fourth-order valence-corrected chi connectivity index (χ4v) is 3.77. The predicted octanol–water partition coefficient (Wildman–Crippen LogP) is 3.86. The average Bonchev–Trinajstić information content (AvgIpc) is 3.19. The summed E-state index contributed by atoms with van der Waals surface area (Å²) < 4.78 is 1.78. The molecule has 0 spiro atoms. The summed E-state index contributed by atoms with van der Waals surface area (Å²) in [5, 5.41) is 8.17. The standard InChI is InChI=1S/C23H23ClN4O2/c1-16(17-6-3-2-4-7-17)14-25-21(29)15-27-22-13-20(18-8-5-9-19(24)12-18)26-28(22)11-10-23(27)30/h2-9,12-13,16H,10-11,14-15H2,1H3,(H,25,29)/t16-/m1/s1. The molecule has 30 heavy (non-hydrogen) atoms. The van der Waals surface area contributed by atoms with Crippen LogP contribution in [0, 0.1) is 0 Å². The Morgan fingerprint density at radius 3 is 2.73 bits per heavy atom. The van der Waals surface area contributed by atoms with Crippen LogP contribution in [0.5, 0.6) is 0 Å². The third-order valence-corrected chi connectivity index (χ3v) is 5.51. The van der Waals surface area contributed by atoms with Crippen LogP contribution in [0.2, 0.25) is 5.02 Å². The highest BCUT2D eigenvalue weighted by atomic mass is 35.5. The number of aromatic nitrogens is 2. The van der Waals surface area contributed by atoms with Crippen molar-refractivity contribution >= 4 is 29.2 Å². The molecule has 154 valence electrons. The van der Waals surface area contributed by atoms with Crippen molar-refractivity contribution in [2.45, 2.75) is 25.8 Å². The van der Waals surface area contributed by atoms with E-state index in [2.05, 4.69) is 17.3 Å². The van der Waals surface area contributed by atoms with Gasteiger partial charge in [-0.15, -0.1) is 0 Å². The second kappa shape index (κ2) is 8.71. The van der Waals surface area contributed by atoms with Gasteiger partial charge in [-0.2, -0.15) is 5.10 Å². The molecule has 1 aliphatic heterocycles. The third kappa shape index (κ3) is 4.39. The summed E-state index contributed by atoms with van der Waals surface area (Å²) in [7, 11) is 0. The highest BCUT2D eigenvalue weighted by Crippen LogP contribution is 2.29. The number of halogens is 1. The number of hydrogen-bond acceptors (Lipinski definition) is 3. The molecule has 3 aromatic rings. The van der Waals surface area contributed by atoms with Crippen molar-refractivity contribution in [1.82, 2.24) is 15.1 Å². The topological polar surface area (TPSA) is 67.2 Å². The van der Waals surface area contributed by atoms with Gasteiger partial charge in [0, 0.05) is 29.6 Å². The molecule has 1 aromatic heterocycles. The summed E-state index contributed by atoms with van der Waals surface area (Å²) in [4.78, 5) is 26.6. The van der Waals surface area contributed by atoms with Crippen molar-refractivity contribution in [2.75, 3.05) is 18.0 Å². The van der Waals surface area contributed by atoms with Crippen molar-refractivity contribution in [3.8, 4) is 11.3 Å². The van der Waals surface area contributed by atoms with Gasteiger partial charge < -0.3 is 5.32 Å². The summed E-state index contributed by atoms with van der Waals surface area (Å²) in [6.07, 6.45) is 0.317. The van der Waals surface area contributed by atoms with Crippen molar-refractivity contribution in [3.63, 3.8) is 0 Å². The number of carbonyl (C=O) groups is 2. The van der Waals surface area contributed by atoms with E-state index in [-0.39, 0.29) is 24.3 Å². The smallest absolute Gasteiger partial charge is 0.240 e. The van der Waals surface area contributed by atoms with Gasteiger partial charge in [-0.25, -0.2) is 4.68 Å². The van der Waals surface area contributed by atoms with E-state index in [1.807, 2.05) is 54.6 Å². The maximum atomic E-state index is 12.6. The lowest BCUT2D eigenvalue weighted by Crippen LogP contribution is -2.44. The Balaban J connectivity index is 1.46. The van der Waals surface area contributed by atoms with E-state index < -0.39 is 0 Å². The average molecular weight is 423 g/mol. The van der Waals surface area contributed by atoms with Crippen LogP contribution in [0.15, 0.2) is 60.7 Å². The van der Waals surface area contributed by atoms with Crippen molar-refractivity contribution < 1.29 is 9.59 Å². The van der Waals surface area contributed by atoms with Crippen LogP contribution >= 0.6 is 11.6 Å². The largest absolute Gasteiger partial charge is 0.354 e. The van der Waals surface area contributed by atoms with Gasteiger partial charge in [0.15, 0.2) is 0 Å². The minimum atomic E-state index is -0.190. The number of nitrogens with zero attached hydrogens (tertiary/aromatic N) is 3. The van der Waals surface area contributed by atoms with Gasteiger partial charge in [0.25, 0.3) is 0 Å². The minimum Gasteiger partial charge on any atom is -0.354 e. The highest BCUT2D eigenvalue weighted by Gasteiger charge is 2.28. The fraction of sp³-hybridized carbons (Fsp3) is 0.261. The molecule has 0 unspecified atom stereocenters. The first-order valence-corrected chi connectivity index (χ1v) is 10.3. The molecule has 0 radical (unpaired) electrons. The number of benzene rings is 2. The maximum absolute atomic E-state index is 12.6. The predicted molar refractivity (Wildman–Crippen MR) is 118 cm³/mol. The Morgan fingerprint density at radius 2 is 1.97 bits per heavy atom. The van der Waals surface area contributed by atoms with E-state index in [9.17, 15) is 9.59 Å². The van der Waals surface area contributed by atoms with Crippen LogP contribution in [-0.4, -0.2) is 34.7 Å². The molecule has 2 aromatic carbocycles. The molecule has 7 heteroatoms. The zero-order chi connectivity index (χ0) is 21.1. The lowest BCUT2D eigenvalue weighted by molar-refractivity contribution is -0.124. The first-order valence-electron chi connectivity index (χ1n) is 9.97. The molecular formula is C23H23ClN4O2. The van der Waals surface area contributed by atoms with Gasteiger partial charge in [0.2, 0.25) is 11.8 Å². The number of carbonyl (C=O) groups excluding carboxylic acids is 2. The van der Waals surface area contributed by atoms with Crippen LogP contribution in [0.4, 0.5) is 5.82 Å². The van der Waals surface area contributed by atoms with Gasteiger partial charge in [0.05, 0.1) is 12.2 Å². The second-order valence-electron chi connectivity index (χ2n) is 7.47. The van der Waals surface area contributed by atoms with Gasteiger partial charge in [-0.3, -0.25) is 14.5 Å². The molecule has 4 rings (SSSR count). The summed E-state index contributed by atoms with van der Waals surface area (Å²) in [6.45, 7) is 3.05. The molecule has 0 aliphatic carbocycles.